The zero-order chi connectivity index (χ0) is 13.7. The van der Waals surface area contributed by atoms with Crippen molar-refractivity contribution in [1.29, 1.82) is 0 Å². The van der Waals surface area contributed by atoms with Gasteiger partial charge in [-0.25, -0.2) is 0 Å². The van der Waals surface area contributed by atoms with Crippen LogP contribution in [0.15, 0.2) is 0 Å². The number of ether oxygens (including phenoxy) is 1. The summed E-state index contributed by atoms with van der Waals surface area (Å²) in [7, 11) is 1.49. The summed E-state index contributed by atoms with van der Waals surface area (Å²) >= 11 is 0. The van der Waals surface area contributed by atoms with Crippen LogP contribution in [-0.2, 0) is 14.3 Å². The molecule has 0 bridgehead atoms. The fraction of sp³-hybridized carbons (Fsp3) is 0.833. The fourth-order valence-corrected chi connectivity index (χ4v) is 2.02. The van der Waals surface area contributed by atoms with Gasteiger partial charge in [0, 0.05) is 32.7 Å². The molecule has 0 aromatic rings. The van der Waals surface area contributed by atoms with Crippen molar-refractivity contribution in [3.05, 3.63) is 0 Å². The van der Waals surface area contributed by atoms with Crippen LogP contribution in [0.3, 0.4) is 0 Å². The second kappa shape index (κ2) is 6.70. The molecule has 0 aliphatic carbocycles. The molecule has 1 rings (SSSR count). The van der Waals surface area contributed by atoms with E-state index in [-0.39, 0.29) is 43.3 Å². The molecule has 1 heterocycles. The van der Waals surface area contributed by atoms with Gasteiger partial charge < -0.3 is 20.1 Å². The van der Waals surface area contributed by atoms with E-state index in [0.717, 1.165) is 0 Å². The number of aliphatic hydroxyl groups is 1. The number of amides is 2. The minimum absolute atomic E-state index is 0.0163. The lowest BCUT2D eigenvalue weighted by Gasteiger charge is -2.20. The minimum atomic E-state index is -0.711. The third-order valence-corrected chi connectivity index (χ3v) is 3.02. The van der Waals surface area contributed by atoms with Crippen LogP contribution in [0.4, 0.5) is 0 Å². The summed E-state index contributed by atoms with van der Waals surface area (Å²) < 4.78 is 4.76. The molecule has 0 spiro atoms. The van der Waals surface area contributed by atoms with E-state index in [1.165, 1.54) is 7.11 Å². The Balaban J connectivity index is 2.38. The van der Waals surface area contributed by atoms with Gasteiger partial charge in [-0.1, -0.05) is 0 Å². The number of carbonyl (C=O) groups is 2. The van der Waals surface area contributed by atoms with Crippen LogP contribution in [-0.4, -0.2) is 60.8 Å². The van der Waals surface area contributed by atoms with Crippen molar-refractivity contribution in [1.82, 2.24) is 10.2 Å². The molecule has 1 fully saturated rings. The van der Waals surface area contributed by atoms with Gasteiger partial charge in [-0.3, -0.25) is 9.59 Å². The topological polar surface area (TPSA) is 78.9 Å². The number of nitrogens with zero attached hydrogens (tertiary/aromatic N) is 1. The molecule has 6 nitrogen and oxygen atoms in total. The van der Waals surface area contributed by atoms with E-state index in [4.69, 9.17) is 4.74 Å². The highest BCUT2D eigenvalue weighted by Gasteiger charge is 2.35. The third kappa shape index (κ3) is 3.96. The average Bonchev–Trinajstić information content (AvgIpc) is 2.69. The number of aliphatic hydroxyl groups excluding tert-OH is 1. The van der Waals surface area contributed by atoms with Crippen molar-refractivity contribution in [2.45, 2.75) is 32.4 Å². The highest BCUT2D eigenvalue weighted by molar-refractivity contribution is 5.89. The molecular formula is C12H22N2O4. The Labute approximate surface area is 107 Å². The molecule has 0 radical (unpaired) electrons. The zero-order valence-corrected chi connectivity index (χ0v) is 11.2. The molecule has 1 aliphatic heterocycles. The molecule has 2 amide bonds. The lowest BCUT2D eigenvalue weighted by atomic mass is 10.1. The highest BCUT2D eigenvalue weighted by atomic mass is 16.5. The Morgan fingerprint density at radius 3 is 2.78 bits per heavy atom. The number of hydrogen-bond acceptors (Lipinski definition) is 4. The van der Waals surface area contributed by atoms with E-state index in [1.807, 2.05) is 13.8 Å². The van der Waals surface area contributed by atoms with Gasteiger partial charge >= 0.3 is 0 Å². The van der Waals surface area contributed by atoms with Crippen molar-refractivity contribution in [2.75, 3.05) is 26.8 Å². The molecule has 1 saturated heterocycles. The van der Waals surface area contributed by atoms with Gasteiger partial charge in [0.1, 0.15) is 0 Å². The van der Waals surface area contributed by atoms with Crippen LogP contribution in [0.25, 0.3) is 0 Å². The third-order valence-electron chi connectivity index (χ3n) is 3.02. The Kier molecular flexibility index (Phi) is 5.55. The molecule has 2 unspecified atom stereocenters. The van der Waals surface area contributed by atoms with E-state index in [9.17, 15) is 14.7 Å². The minimum Gasteiger partial charge on any atom is -0.389 e. The van der Waals surface area contributed by atoms with Crippen LogP contribution in [0.5, 0.6) is 0 Å². The predicted molar refractivity (Wildman–Crippen MR) is 65.8 cm³/mol. The second-order valence-corrected chi connectivity index (χ2v) is 4.90. The predicted octanol–water partition coefficient (Wildman–Crippen LogP) is -0.633. The lowest BCUT2D eigenvalue weighted by Crippen LogP contribution is -2.39. The van der Waals surface area contributed by atoms with Gasteiger partial charge in [-0.2, -0.15) is 0 Å². The smallest absolute Gasteiger partial charge is 0.225 e. The summed E-state index contributed by atoms with van der Waals surface area (Å²) in [5.74, 6) is -0.473. The fourth-order valence-electron chi connectivity index (χ4n) is 2.02. The summed E-state index contributed by atoms with van der Waals surface area (Å²) in [6.45, 7) is 4.66. The van der Waals surface area contributed by atoms with Crippen molar-refractivity contribution in [3.8, 4) is 0 Å². The molecular weight excluding hydrogens is 236 g/mol. The van der Waals surface area contributed by atoms with Gasteiger partial charge in [0.25, 0.3) is 0 Å². The van der Waals surface area contributed by atoms with Gasteiger partial charge in [0.05, 0.1) is 18.6 Å². The number of rotatable bonds is 6. The standard InChI is InChI=1S/C12H22N2O4/c1-8(2)14-6-9(4-11(14)16)12(17)13-5-10(15)7-18-3/h8-10,15H,4-7H2,1-3H3,(H,13,17). The van der Waals surface area contributed by atoms with Gasteiger partial charge in [-0.05, 0) is 13.8 Å². The molecule has 2 atom stereocenters. The van der Waals surface area contributed by atoms with Crippen LogP contribution in [0, 0.1) is 5.92 Å². The number of hydrogen-bond donors (Lipinski definition) is 2. The summed E-state index contributed by atoms with van der Waals surface area (Å²) in [6.07, 6.45) is -0.457. The van der Waals surface area contributed by atoms with E-state index in [0.29, 0.717) is 6.54 Å². The summed E-state index contributed by atoms with van der Waals surface area (Å²) in [4.78, 5) is 25.2. The van der Waals surface area contributed by atoms with Crippen molar-refractivity contribution in [3.63, 3.8) is 0 Å². The molecule has 18 heavy (non-hydrogen) atoms. The molecule has 6 heteroatoms. The number of carbonyl (C=O) groups excluding carboxylic acids is 2. The zero-order valence-electron chi connectivity index (χ0n) is 11.2. The van der Waals surface area contributed by atoms with E-state index in [1.54, 1.807) is 4.90 Å². The van der Waals surface area contributed by atoms with Crippen molar-refractivity contribution in [2.24, 2.45) is 5.92 Å². The molecule has 0 saturated carbocycles. The summed E-state index contributed by atoms with van der Waals surface area (Å²) in [6, 6.07) is 0.120. The number of nitrogens with one attached hydrogen (secondary N) is 1. The van der Waals surface area contributed by atoms with Crippen LogP contribution in [0.2, 0.25) is 0 Å². The monoisotopic (exact) mass is 258 g/mol. The first-order chi connectivity index (χ1) is 8.45. The van der Waals surface area contributed by atoms with Gasteiger partial charge in [0.2, 0.25) is 11.8 Å². The van der Waals surface area contributed by atoms with Crippen LogP contribution in [0.1, 0.15) is 20.3 Å². The largest absolute Gasteiger partial charge is 0.389 e. The average molecular weight is 258 g/mol. The molecule has 0 aromatic heterocycles. The first-order valence-corrected chi connectivity index (χ1v) is 6.19. The lowest BCUT2D eigenvalue weighted by molar-refractivity contribution is -0.130. The second-order valence-electron chi connectivity index (χ2n) is 4.90. The summed E-state index contributed by atoms with van der Waals surface area (Å²) in [5, 5.41) is 12.1. The van der Waals surface area contributed by atoms with Crippen molar-refractivity contribution < 1.29 is 19.4 Å². The van der Waals surface area contributed by atoms with Gasteiger partial charge in [-0.15, -0.1) is 0 Å². The van der Waals surface area contributed by atoms with E-state index < -0.39 is 6.10 Å². The Morgan fingerprint density at radius 1 is 1.61 bits per heavy atom. The van der Waals surface area contributed by atoms with Crippen molar-refractivity contribution >= 4 is 11.8 Å². The maximum absolute atomic E-state index is 11.8. The van der Waals surface area contributed by atoms with Gasteiger partial charge in [0.15, 0.2) is 0 Å². The first kappa shape index (κ1) is 14.9. The maximum atomic E-state index is 11.8. The maximum Gasteiger partial charge on any atom is 0.225 e. The number of methoxy groups -OCH3 is 1. The quantitative estimate of drug-likeness (QED) is 0.664. The molecule has 2 N–H and O–H groups in total. The summed E-state index contributed by atoms with van der Waals surface area (Å²) in [5.41, 5.74) is 0. The Morgan fingerprint density at radius 2 is 2.28 bits per heavy atom. The van der Waals surface area contributed by atoms with Crippen LogP contribution < -0.4 is 5.32 Å². The normalized spacial score (nSPS) is 21.5. The molecule has 0 aromatic carbocycles. The highest BCUT2D eigenvalue weighted by Crippen LogP contribution is 2.20. The number of likely N-dealkylation sites (tertiary alicyclic amines) is 1. The molecule has 1 aliphatic rings. The Bertz CT molecular complexity index is 306. The Hall–Kier alpha value is -1.14. The van der Waals surface area contributed by atoms with E-state index >= 15 is 0 Å². The van der Waals surface area contributed by atoms with E-state index in [2.05, 4.69) is 5.32 Å². The molecule has 104 valence electrons. The SMILES string of the molecule is COCC(O)CNC(=O)C1CC(=O)N(C(C)C)C1. The van der Waals surface area contributed by atoms with Crippen LogP contribution >= 0.6 is 0 Å². The first-order valence-electron chi connectivity index (χ1n) is 6.19.